The van der Waals surface area contributed by atoms with E-state index in [0.717, 1.165) is 19.3 Å². The fourth-order valence-corrected chi connectivity index (χ4v) is 7.70. The zero-order valence-corrected chi connectivity index (χ0v) is 15.4. The molecule has 3 heteroatoms. The van der Waals surface area contributed by atoms with Crippen molar-refractivity contribution >= 4 is 5.97 Å². The van der Waals surface area contributed by atoms with E-state index >= 15 is 0 Å². The third-order valence-corrected chi connectivity index (χ3v) is 8.63. The number of aliphatic hydroxyl groups excluding tert-OH is 1. The van der Waals surface area contributed by atoms with E-state index in [2.05, 4.69) is 19.9 Å². The molecule has 3 saturated carbocycles. The molecule has 6 atom stereocenters. The third kappa shape index (κ3) is 1.97. The van der Waals surface area contributed by atoms with Crippen LogP contribution in [0.1, 0.15) is 65.2 Å². The molecule has 0 aliphatic heterocycles. The minimum Gasteiger partial charge on any atom is -0.469 e. The standard InChI is InChI=1S/C21H32O3/c1-19-8-4-9-20(2,18(23)24-3)16(19)7-10-21-11-14(5-6-17(19)21)15(12-21)13-22/h12,14,16-17,22H,4-11,13H2,1-3H3/t14-,16+,17+,19-,20+,21+/m0/s1. The third-order valence-electron chi connectivity index (χ3n) is 8.63. The first-order valence-electron chi connectivity index (χ1n) is 9.80. The van der Waals surface area contributed by atoms with Crippen molar-refractivity contribution in [2.45, 2.75) is 65.2 Å². The summed E-state index contributed by atoms with van der Waals surface area (Å²) in [5.74, 6) is 1.71. The van der Waals surface area contributed by atoms with Gasteiger partial charge in [0.25, 0.3) is 0 Å². The monoisotopic (exact) mass is 332 g/mol. The van der Waals surface area contributed by atoms with Gasteiger partial charge in [-0.3, -0.25) is 4.79 Å². The van der Waals surface area contributed by atoms with Crippen LogP contribution in [0, 0.1) is 34.0 Å². The Morgan fingerprint density at radius 1 is 1.21 bits per heavy atom. The highest BCUT2D eigenvalue weighted by atomic mass is 16.5. The highest BCUT2D eigenvalue weighted by Crippen LogP contribution is 2.70. The van der Waals surface area contributed by atoms with Crippen molar-refractivity contribution < 1.29 is 14.6 Å². The predicted octanol–water partition coefficient (Wildman–Crippen LogP) is 4.10. The second-order valence-electron chi connectivity index (χ2n) is 9.50. The van der Waals surface area contributed by atoms with Gasteiger partial charge in [-0.15, -0.1) is 0 Å². The fraction of sp³-hybridized carbons (Fsp3) is 0.857. The summed E-state index contributed by atoms with van der Waals surface area (Å²) in [6.07, 6.45) is 11.8. The molecular formula is C21H32O3. The van der Waals surface area contributed by atoms with Crippen LogP contribution in [0.25, 0.3) is 0 Å². The van der Waals surface area contributed by atoms with Crippen molar-refractivity contribution in [3.05, 3.63) is 11.6 Å². The quantitative estimate of drug-likeness (QED) is 0.612. The van der Waals surface area contributed by atoms with Crippen molar-refractivity contribution in [3.63, 3.8) is 0 Å². The Kier molecular flexibility index (Phi) is 3.69. The van der Waals surface area contributed by atoms with Crippen LogP contribution in [0.2, 0.25) is 0 Å². The number of carbonyl (C=O) groups excluding carboxylic acids is 1. The lowest BCUT2D eigenvalue weighted by molar-refractivity contribution is -0.180. The Hall–Kier alpha value is -0.830. The topological polar surface area (TPSA) is 46.5 Å². The number of methoxy groups -OCH3 is 1. The minimum absolute atomic E-state index is 0.000993. The van der Waals surface area contributed by atoms with E-state index in [1.165, 1.54) is 37.7 Å². The molecule has 3 fully saturated rings. The Balaban J connectivity index is 1.73. The molecule has 1 spiro atoms. The van der Waals surface area contributed by atoms with Crippen molar-refractivity contribution in [1.29, 1.82) is 0 Å². The molecule has 0 amide bonds. The van der Waals surface area contributed by atoms with Gasteiger partial charge in [0.2, 0.25) is 0 Å². The molecule has 0 aromatic rings. The molecule has 0 radical (unpaired) electrons. The van der Waals surface area contributed by atoms with Gasteiger partial charge in [0, 0.05) is 0 Å². The highest BCUT2D eigenvalue weighted by Gasteiger charge is 2.64. The molecule has 0 saturated heterocycles. The van der Waals surface area contributed by atoms with Gasteiger partial charge in [-0.05, 0) is 86.0 Å². The smallest absolute Gasteiger partial charge is 0.311 e. The van der Waals surface area contributed by atoms with Crippen LogP contribution in [0.4, 0.5) is 0 Å². The first-order chi connectivity index (χ1) is 11.4. The molecule has 24 heavy (non-hydrogen) atoms. The summed E-state index contributed by atoms with van der Waals surface area (Å²) >= 11 is 0. The Labute approximate surface area is 145 Å². The summed E-state index contributed by atoms with van der Waals surface area (Å²) in [5, 5.41) is 9.75. The Bertz CT molecular complexity index is 582. The molecule has 0 heterocycles. The lowest BCUT2D eigenvalue weighted by Gasteiger charge is -2.63. The number of allylic oxidation sites excluding steroid dienone is 1. The second-order valence-corrected chi connectivity index (χ2v) is 9.50. The molecule has 134 valence electrons. The van der Waals surface area contributed by atoms with Crippen LogP contribution in [-0.4, -0.2) is 24.8 Å². The first kappa shape index (κ1) is 16.6. The Morgan fingerprint density at radius 3 is 2.71 bits per heavy atom. The molecule has 0 aromatic carbocycles. The summed E-state index contributed by atoms with van der Waals surface area (Å²) in [5.41, 5.74) is 1.50. The van der Waals surface area contributed by atoms with E-state index < -0.39 is 0 Å². The average Bonchev–Trinajstić information content (AvgIpc) is 2.84. The first-order valence-corrected chi connectivity index (χ1v) is 9.80. The molecule has 0 aromatic heterocycles. The number of esters is 1. The number of hydrogen-bond acceptors (Lipinski definition) is 3. The molecule has 2 bridgehead atoms. The van der Waals surface area contributed by atoms with Crippen molar-refractivity contribution in [1.82, 2.24) is 0 Å². The van der Waals surface area contributed by atoms with Crippen LogP contribution in [0.3, 0.4) is 0 Å². The molecular weight excluding hydrogens is 300 g/mol. The zero-order valence-electron chi connectivity index (χ0n) is 15.4. The number of carbonyl (C=O) groups is 1. The van der Waals surface area contributed by atoms with E-state index in [-0.39, 0.29) is 23.4 Å². The molecule has 0 unspecified atom stereocenters. The number of hydrogen-bond donors (Lipinski definition) is 1. The molecule has 1 N–H and O–H groups in total. The predicted molar refractivity (Wildman–Crippen MR) is 93.2 cm³/mol. The normalized spacial score (nSPS) is 49.8. The van der Waals surface area contributed by atoms with Crippen molar-refractivity contribution in [2.75, 3.05) is 13.7 Å². The number of ether oxygens (including phenoxy) is 1. The summed E-state index contributed by atoms with van der Waals surface area (Å²) in [6.45, 7) is 4.86. The summed E-state index contributed by atoms with van der Waals surface area (Å²) in [4.78, 5) is 12.6. The second kappa shape index (κ2) is 5.33. The van der Waals surface area contributed by atoms with Crippen molar-refractivity contribution in [2.24, 2.45) is 34.0 Å². The van der Waals surface area contributed by atoms with Gasteiger partial charge in [-0.25, -0.2) is 0 Å². The number of fused-ring (bicyclic) bond motifs is 3. The van der Waals surface area contributed by atoms with Crippen LogP contribution < -0.4 is 0 Å². The highest BCUT2D eigenvalue weighted by molar-refractivity contribution is 5.77. The average molecular weight is 332 g/mol. The maximum absolute atomic E-state index is 12.6. The largest absolute Gasteiger partial charge is 0.469 e. The zero-order chi connectivity index (χ0) is 17.2. The van der Waals surface area contributed by atoms with E-state index in [4.69, 9.17) is 4.74 Å². The van der Waals surface area contributed by atoms with Crippen LogP contribution in [0.5, 0.6) is 0 Å². The maximum Gasteiger partial charge on any atom is 0.311 e. The van der Waals surface area contributed by atoms with Crippen LogP contribution in [-0.2, 0) is 9.53 Å². The lowest BCUT2D eigenvalue weighted by Crippen LogP contribution is -2.58. The molecule has 4 rings (SSSR count). The van der Waals surface area contributed by atoms with Gasteiger partial charge in [0.15, 0.2) is 0 Å². The van der Waals surface area contributed by atoms with E-state index in [1.54, 1.807) is 7.11 Å². The SMILES string of the molecule is COC(=O)[C@]1(C)CCC[C@@]2(C)[C@H]1CC[C@@]13C=C(CO)[C@@H](CC[C@@H]12)C3. The summed E-state index contributed by atoms with van der Waals surface area (Å²) in [6, 6.07) is 0. The molecule has 4 aliphatic rings. The lowest BCUT2D eigenvalue weighted by atomic mass is 9.41. The van der Waals surface area contributed by atoms with Gasteiger partial charge in [0.1, 0.15) is 0 Å². The molecule has 4 aliphatic carbocycles. The van der Waals surface area contributed by atoms with Gasteiger partial charge >= 0.3 is 5.97 Å². The van der Waals surface area contributed by atoms with E-state index in [9.17, 15) is 9.90 Å². The number of aliphatic hydroxyl groups is 1. The Morgan fingerprint density at radius 2 is 2.00 bits per heavy atom. The van der Waals surface area contributed by atoms with E-state index in [1.807, 2.05) is 0 Å². The summed E-state index contributed by atoms with van der Waals surface area (Å²) < 4.78 is 5.23. The van der Waals surface area contributed by atoms with Gasteiger partial charge < -0.3 is 9.84 Å². The van der Waals surface area contributed by atoms with Gasteiger partial charge in [-0.1, -0.05) is 19.4 Å². The van der Waals surface area contributed by atoms with Gasteiger partial charge in [-0.2, -0.15) is 0 Å². The van der Waals surface area contributed by atoms with Crippen molar-refractivity contribution in [3.8, 4) is 0 Å². The van der Waals surface area contributed by atoms with Crippen LogP contribution in [0.15, 0.2) is 11.6 Å². The minimum atomic E-state index is -0.317. The van der Waals surface area contributed by atoms with Crippen LogP contribution >= 0.6 is 0 Å². The summed E-state index contributed by atoms with van der Waals surface area (Å²) in [7, 11) is 1.54. The fourth-order valence-electron chi connectivity index (χ4n) is 7.70. The maximum atomic E-state index is 12.6. The van der Waals surface area contributed by atoms with Gasteiger partial charge in [0.05, 0.1) is 19.1 Å². The van der Waals surface area contributed by atoms with E-state index in [0.29, 0.717) is 23.2 Å². The number of rotatable bonds is 2. The molecule has 3 nitrogen and oxygen atoms in total.